The van der Waals surface area contributed by atoms with Crippen molar-refractivity contribution >= 4 is 40.2 Å². The minimum Gasteiger partial charge on any atom is -0.506 e. The number of pyridine rings is 1. The Morgan fingerprint density at radius 2 is 1.49 bits per heavy atom. The number of piperidine rings is 1. The molecule has 0 spiro atoms. The van der Waals surface area contributed by atoms with Crippen molar-refractivity contribution in [2.24, 2.45) is 0 Å². The van der Waals surface area contributed by atoms with E-state index in [1.54, 1.807) is 24.1 Å². The number of aromatic hydroxyl groups is 1. The average Bonchev–Trinajstić information content (AvgIpc) is 3.28. The molecule has 6 aromatic rings. The molecule has 0 radical (unpaired) electrons. The normalized spacial score (nSPS) is 13.1. The Balaban J connectivity index is 0.770. The molecule has 0 saturated carbocycles. The lowest BCUT2D eigenvalue weighted by molar-refractivity contribution is -0.120. The van der Waals surface area contributed by atoms with Gasteiger partial charge in [-0.15, -0.1) is 0 Å². The van der Waals surface area contributed by atoms with E-state index in [0.29, 0.717) is 56.6 Å². The molecule has 1 aliphatic heterocycles. The van der Waals surface area contributed by atoms with E-state index in [9.17, 15) is 24.3 Å². The Morgan fingerprint density at radius 3 is 2.26 bits per heavy atom. The van der Waals surface area contributed by atoms with E-state index >= 15 is 0 Å². The number of fused-ring (bicyclic) bond motifs is 1. The summed E-state index contributed by atoms with van der Waals surface area (Å²) in [5.74, 6) is -0.00502. The number of anilines is 2. The second-order valence-corrected chi connectivity index (χ2v) is 15.4. The van der Waals surface area contributed by atoms with Crippen LogP contribution in [-0.2, 0) is 40.3 Å². The first-order valence-electron chi connectivity index (χ1n) is 20.8. The number of H-pyrrole nitrogens is 1. The third-order valence-electron chi connectivity index (χ3n) is 11.1. The third-order valence-corrected chi connectivity index (χ3v) is 11.1. The van der Waals surface area contributed by atoms with Crippen LogP contribution in [0.3, 0.4) is 0 Å². The standard InChI is InChI=1S/C49H52N6O6/c1-54(47(59)26-30-55-28-24-40(25-29-55)61-49(60)52-43-10-6-5-9-41(43)37-7-3-2-4-8-37)39-18-15-36(16-19-39)33-51-46(58)31-34-11-13-35(14-12-34)32-50-27-23-38-17-21-44(56)48-42(38)20-22-45(57)53-48/h2-22,40,50,56H,23-33H2,1H3,(H,51,58)(H,52,60)(H,53,57). The van der Waals surface area contributed by atoms with Gasteiger partial charge in [-0.25, -0.2) is 4.79 Å². The van der Waals surface area contributed by atoms with Gasteiger partial charge in [0.2, 0.25) is 17.4 Å². The number of nitrogens with zero attached hydrogens (tertiary/aromatic N) is 2. The van der Waals surface area contributed by atoms with Crippen molar-refractivity contribution in [3.63, 3.8) is 0 Å². The second kappa shape index (κ2) is 20.5. The summed E-state index contributed by atoms with van der Waals surface area (Å²) in [6.45, 7) is 3.88. The summed E-state index contributed by atoms with van der Waals surface area (Å²) in [6, 6.07) is 39.9. The Bertz CT molecular complexity index is 2480. The molecule has 314 valence electrons. The van der Waals surface area contributed by atoms with E-state index < -0.39 is 6.09 Å². The summed E-state index contributed by atoms with van der Waals surface area (Å²) < 4.78 is 5.78. The van der Waals surface area contributed by atoms with Crippen LogP contribution in [0.2, 0.25) is 0 Å². The molecule has 0 unspecified atom stereocenters. The number of hydrogen-bond donors (Lipinski definition) is 5. The van der Waals surface area contributed by atoms with Crippen molar-refractivity contribution in [2.45, 2.75) is 51.3 Å². The number of carbonyl (C=O) groups is 3. The van der Waals surface area contributed by atoms with Crippen molar-refractivity contribution in [1.29, 1.82) is 0 Å². The van der Waals surface area contributed by atoms with Gasteiger partial charge in [-0.3, -0.25) is 19.7 Å². The quantitative estimate of drug-likeness (QED) is 0.0645. The van der Waals surface area contributed by atoms with Crippen molar-refractivity contribution in [1.82, 2.24) is 20.5 Å². The lowest BCUT2D eigenvalue weighted by atomic mass is 10.0. The van der Waals surface area contributed by atoms with Crippen LogP contribution in [0.25, 0.3) is 22.0 Å². The summed E-state index contributed by atoms with van der Waals surface area (Å²) in [5.41, 5.74) is 7.63. The highest BCUT2D eigenvalue weighted by atomic mass is 16.6. The van der Waals surface area contributed by atoms with Gasteiger partial charge in [-0.2, -0.15) is 0 Å². The summed E-state index contributed by atoms with van der Waals surface area (Å²) in [4.78, 5) is 57.0. The van der Waals surface area contributed by atoms with Gasteiger partial charge in [0.25, 0.3) is 0 Å². The maximum Gasteiger partial charge on any atom is 0.411 e. The average molecular weight is 821 g/mol. The maximum absolute atomic E-state index is 13.1. The molecular weight excluding hydrogens is 769 g/mol. The first kappa shape index (κ1) is 42.4. The lowest BCUT2D eigenvalue weighted by Gasteiger charge is -2.31. The number of aromatic amines is 1. The van der Waals surface area contributed by atoms with Crippen LogP contribution in [0.4, 0.5) is 16.2 Å². The molecule has 1 fully saturated rings. The summed E-state index contributed by atoms with van der Waals surface area (Å²) >= 11 is 0. The van der Waals surface area contributed by atoms with E-state index in [1.165, 1.54) is 6.07 Å². The topological polar surface area (TPSA) is 156 Å². The van der Waals surface area contributed by atoms with Gasteiger partial charge in [0.1, 0.15) is 11.9 Å². The van der Waals surface area contributed by atoms with Crippen LogP contribution in [-0.4, -0.2) is 72.2 Å². The first-order chi connectivity index (χ1) is 29.7. The molecular formula is C49H52N6O6. The second-order valence-electron chi connectivity index (χ2n) is 15.4. The maximum atomic E-state index is 13.1. The number of ether oxygens (including phenoxy) is 1. The van der Waals surface area contributed by atoms with Crippen LogP contribution >= 0.6 is 0 Å². The van der Waals surface area contributed by atoms with E-state index in [2.05, 4.69) is 25.8 Å². The molecule has 3 amide bonds. The SMILES string of the molecule is CN(C(=O)CCN1CCC(OC(=O)Nc2ccccc2-c2ccccc2)CC1)c1ccc(CNC(=O)Cc2ccc(CNCCc3ccc(O)c4[nH]c(=O)ccc34)cc2)cc1. The highest BCUT2D eigenvalue weighted by Crippen LogP contribution is 2.28. The molecule has 7 rings (SSSR count). The largest absolute Gasteiger partial charge is 0.506 e. The fraction of sp³-hybridized carbons (Fsp3) is 0.265. The summed E-state index contributed by atoms with van der Waals surface area (Å²) in [7, 11) is 1.78. The molecule has 0 bridgehead atoms. The number of rotatable bonds is 16. The van der Waals surface area contributed by atoms with Crippen LogP contribution in [0, 0.1) is 0 Å². The zero-order chi connectivity index (χ0) is 42.6. The summed E-state index contributed by atoms with van der Waals surface area (Å²) in [5, 5.41) is 20.3. The number of phenols is 1. The number of para-hydroxylation sites is 1. The van der Waals surface area contributed by atoms with Crippen LogP contribution in [0.15, 0.2) is 132 Å². The van der Waals surface area contributed by atoms with Gasteiger partial charge in [0, 0.05) is 68.9 Å². The van der Waals surface area contributed by atoms with Crippen LogP contribution in [0.1, 0.15) is 41.5 Å². The van der Waals surface area contributed by atoms with E-state index in [4.69, 9.17) is 4.74 Å². The summed E-state index contributed by atoms with van der Waals surface area (Å²) in [6.07, 6.45) is 2.13. The molecule has 5 aromatic carbocycles. The van der Waals surface area contributed by atoms with E-state index in [1.807, 2.05) is 109 Å². The third kappa shape index (κ3) is 11.7. The van der Waals surface area contributed by atoms with Crippen molar-refractivity contribution in [3.8, 4) is 16.9 Å². The van der Waals surface area contributed by atoms with Gasteiger partial charge in [0.05, 0.1) is 17.6 Å². The van der Waals surface area contributed by atoms with Gasteiger partial charge >= 0.3 is 6.09 Å². The molecule has 0 aliphatic carbocycles. The number of hydrogen-bond acceptors (Lipinski definition) is 8. The predicted molar refractivity (Wildman–Crippen MR) is 240 cm³/mol. The number of benzene rings is 5. The molecule has 1 aromatic heterocycles. The Hall–Kier alpha value is -6.76. The molecule has 2 heterocycles. The van der Waals surface area contributed by atoms with Gasteiger partial charge in [-0.05, 0) is 84.0 Å². The Kier molecular flexibility index (Phi) is 14.2. The number of amides is 3. The minimum absolute atomic E-state index is 0.0139. The zero-order valence-electron chi connectivity index (χ0n) is 34.4. The molecule has 5 N–H and O–H groups in total. The van der Waals surface area contributed by atoms with Crippen molar-refractivity contribution in [3.05, 3.63) is 160 Å². The fourth-order valence-corrected chi connectivity index (χ4v) is 7.60. The van der Waals surface area contributed by atoms with Gasteiger partial charge in [-0.1, -0.05) is 91.0 Å². The molecule has 12 nitrogen and oxygen atoms in total. The number of nitrogens with one attached hydrogen (secondary N) is 4. The van der Waals surface area contributed by atoms with Gasteiger partial charge in [0.15, 0.2) is 0 Å². The number of aromatic nitrogens is 1. The fourth-order valence-electron chi connectivity index (χ4n) is 7.60. The molecule has 1 saturated heterocycles. The smallest absolute Gasteiger partial charge is 0.411 e. The predicted octanol–water partition coefficient (Wildman–Crippen LogP) is 7.16. The minimum atomic E-state index is -0.462. The van der Waals surface area contributed by atoms with Crippen LogP contribution in [0.5, 0.6) is 5.75 Å². The Morgan fingerprint density at radius 1 is 0.803 bits per heavy atom. The molecule has 12 heteroatoms. The molecule has 61 heavy (non-hydrogen) atoms. The monoisotopic (exact) mass is 820 g/mol. The van der Waals surface area contributed by atoms with E-state index in [-0.39, 0.29) is 35.6 Å². The first-order valence-corrected chi connectivity index (χ1v) is 20.8. The van der Waals surface area contributed by atoms with Gasteiger partial charge < -0.3 is 35.3 Å². The number of likely N-dealkylation sites (tertiary alicyclic amines) is 1. The van der Waals surface area contributed by atoms with E-state index in [0.717, 1.165) is 64.0 Å². The molecule has 1 aliphatic rings. The van der Waals surface area contributed by atoms with Crippen molar-refractivity contribution < 1.29 is 24.2 Å². The zero-order valence-corrected chi connectivity index (χ0v) is 34.4. The Labute approximate surface area is 355 Å². The van der Waals surface area contributed by atoms with Crippen molar-refractivity contribution in [2.75, 3.05) is 43.4 Å². The lowest BCUT2D eigenvalue weighted by Crippen LogP contribution is -2.40. The molecule has 0 atom stereocenters. The number of phenolic OH excluding ortho intramolecular Hbond substituents is 1. The van der Waals surface area contributed by atoms with Crippen LogP contribution < -0.4 is 26.4 Å². The number of carbonyl (C=O) groups excluding carboxylic acids is 3. The highest BCUT2D eigenvalue weighted by Gasteiger charge is 2.24. The highest BCUT2D eigenvalue weighted by molar-refractivity contribution is 5.93.